The van der Waals surface area contributed by atoms with Crippen molar-refractivity contribution in [3.8, 4) is 0 Å². The molecule has 6 heteroatoms. The number of carbonyl (C=O) groups is 1. The summed E-state index contributed by atoms with van der Waals surface area (Å²) in [5.41, 5.74) is -0.466. The fourth-order valence-electron chi connectivity index (χ4n) is 1.20. The van der Waals surface area contributed by atoms with Crippen molar-refractivity contribution in [2.24, 2.45) is 0 Å². The molecule has 0 aromatic heterocycles. The third kappa shape index (κ3) is 12.2. The van der Waals surface area contributed by atoms with Crippen LogP contribution in [0.1, 0.15) is 20.8 Å². The van der Waals surface area contributed by atoms with Gasteiger partial charge in [0.2, 0.25) is 0 Å². The summed E-state index contributed by atoms with van der Waals surface area (Å²) in [5, 5.41) is 0. The lowest BCUT2D eigenvalue weighted by Crippen LogP contribution is -2.36. The SMILES string of the molecule is CN(C)CCOCCOCCN(C)C(=O)OC(C)(C)C. The summed E-state index contributed by atoms with van der Waals surface area (Å²) < 4.78 is 16.0. The van der Waals surface area contributed by atoms with Crippen LogP contribution in [0.5, 0.6) is 0 Å². The van der Waals surface area contributed by atoms with Gasteiger partial charge in [-0.25, -0.2) is 4.79 Å². The van der Waals surface area contributed by atoms with Crippen molar-refractivity contribution in [1.29, 1.82) is 0 Å². The molecule has 0 unspecified atom stereocenters. The predicted octanol–water partition coefficient (Wildman–Crippen LogP) is 1.45. The molecule has 0 bridgehead atoms. The largest absolute Gasteiger partial charge is 0.444 e. The Hall–Kier alpha value is -0.850. The third-order valence-electron chi connectivity index (χ3n) is 2.33. The van der Waals surface area contributed by atoms with Crippen LogP contribution in [0.15, 0.2) is 0 Å². The summed E-state index contributed by atoms with van der Waals surface area (Å²) in [4.78, 5) is 15.2. The van der Waals surface area contributed by atoms with Crippen molar-refractivity contribution in [2.45, 2.75) is 26.4 Å². The van der Waals surface area contributed by atoms with Crippen LogP contribution >= 0.6 is 0 Å². The molecule has 0 saturated heterocycles. The molecule has 0 aliphatic heterocycles. The van der Waals surface area contributed by atoms with Crippen LogP contribution in [0, 0.1) is 0 Å². The Bertz CT molecular complexity index is 264. The standard InChI is InChI=1S/C14H30N2O4/c1-14(2,3)20-13(17)16(6)8-10-19-12-11-18-9-7-15(4)5/h7-12H2,1-6H3. The van der Waals surface area contributed by atoms with E-state index in [2.05, 4.69) is 4.90 Å². The molecule has 0 spiro atoms. The van der Waals surface area contributed by atoms with Crippen molar-refractivity contribution in [1.82, 2.24) is 9.80 Å². The van der Waals surface area contributed by atoms with Gasteiger partial charge >= 0.3 is 6.09 Å². The van der Waals surface area contributed by atoms with Crippen LogP contribution in [-0.2, 0) is 14.2 Å². The molecule has 0 rings (SSSR count). The van der Waals surface area contributed by atoms with Gasteiger partial charge in [-0.3, -0.25) is 0 Å². The highest BCUT2D eigenvalue weighted by molar-refractivity contribution is 5.67. The Kier molecular flexibility index (Phi) is 9.54. The lowest BCUT2D eigenvalue weighted by molar-refractivity contribution is 0.0150. The number of ether oxygens (including phenoxy) is 3. The minimum absolute atomic E-state index is 0.330. The topological polar surface area (TPSA) is 51.2 Å². The van der Waals surface area contributed by atoms with Crippen molar-refractivity contribution in [2.75, 3.05) is 60.7 Å². The Morgan fingerprint density at radius 1 is 0.900 bits per heavy atom. The minimum atomic E-state index is -0.466. The Labute approximate surface area is 123 Å². The minimum Gasteiger partial charge on any atom is -0.444 e. The quantitative estimate of drug-likeness (QED) is 0.602. The fourth-order valence-corrected chi connectivity index (χ4v) is 1.20. The molecule has 0 N–H and O–H groups in total. The van der Waals surface area contributed by atoms with Gasteiger partial charge in [-0.2, -0.15) is 0 Å². The second-order valence-electron chi connectivity index (χ2n) is 5.93. The lowest BCUT2D eigenvalue weighted by atomic mass is 10.2. The van der Waals surface area contributed by atoms with Gasteiger partial charge in [0.05, 0.1) is 26.4 Å². The molecule has 0 aliphatic carbocycles. The smallest absolute Gasteiger partial charge is 0.410 e. The first kappa shape index (κ1) is 19.1. The van der Waals surface area contributed by atoms with E-state index in [1.54, 1.807) is 7.05 Å². The summed E-state index contributed by atoms with van der Waals surface area (Å²) in [5.74, 6) is 0. The summed E-state index contributed by atoms with van der Waals surface area (Å²) >= 11 is 0. The second kappa shape index (κ2) is 9.96. The van der Waals surface area contributed by atoms with Crippen LogP contribution in [0.25, 0.3) is 0 Å². The average Bonchev–Trinajstić information content (AvgIpc) is 2.29. The molecule has 0 aromatic carbocycles. The summed E-state index contributed by atoms with van der Waals surface area (Å²) in [6, 6.07) is 0. The van der Waals surface area contributed by atoms with Crippen LogP contribution in [0.3, 0.4) is 0 Å². The molecule has 20 heavy (non-hydrogen) atoms. The van der Waals surface area contributed by atoms with Crippen molar-refractivity contribution in [3.63, 3.8) is 0 Å². The summed E-state index contributed by atoms with van der Waals surface area (Å²) in [6.45, 7) is 9.25. The van der Waals surface area contributed by atoms with Gasteiger partial charge in [0.15, 0.2) is 0 Å². The molecular weight excluding hydrogens is 260 g/mol. The van der Waals surface area contributed by atoms with E-state index in [4.69, 9.17) is 14.2 Å². The number of nitrogens with zero attached hydrogens (tertiary/aromatic N) is 2. The van der Waals surface area contributed by atoms with E-state index in [0.717, 1.165) is 6.54 Å². The molecule has 0 saturated carbocycles. The van der Waals surface area contributed by atoms with Gasteiger partial charge in [0.25, 0.3) is 0 Å². The summed E-state index contributed by atoms with van der Waals surface area (Å²) in [6.07, 6.45) is -0.330. The van der Waals surface area contributed by atoms with Crippen LogP contribution < -0.4 is 0 Å². The van der Waals surface area contributed by atoms with E-state index in [1.807, 2.05) is 34.9 Å². The molecular formula is C14H30N2O4. The summed E-state index contributed by atoms with van der Waals surface area (Å²) in [7, 11) is 5.71. The van der Waals surface area contributed by atoms with Gasteiger partial charge in [0.1, 0.15) is 5.60 Å². The van der Waals surface area contributed by atoms with Crippen LogP contribution in [0.2, 0.25) is 0 Å². The van der Waals surface area contributed by atoms with E-state index >= 15 is 0 Å². The second-order valence-corrected chi connectivity index (χ2v) is 5.93. The highest BCUT2D eigenvalue weighted by Gasteiger charge is 2.19. The van der Waals surface area contributed by atoms with E-state index in [9.17, 15) is 4.79 Å². The monoisotopic (exact) mass is 290 g/mol. The number of rotatable bonds is 9. The Balaban J connectivity index is 3.48. The maximum atomic E-state index is 11.6. The van der Waals surface area contributed by atoms with Gasteiger partial charge < -0.3 is 24.0 Å². The number of hydrogen-bond acceptors (Lipinski definition) is 5. The Morgan fingerprint density at radius 2 is 1.40 bits per heavy atom. The van der Waals surface area contributed by atoms with Crippen molar-refractivity contribution >= 4 is 6.09 Å². The number of likely N-dealkylation sites (N-methyl/N-ethyl adjacent to an activating group) is 2. The van der Waals surface area contributed by atoms with Crippen LogP contribution in [0.4, 0.5) is 4.79 Å². The molecule has 0 aromatic rings. The maximum absolute atomic E-state index is 11.6. The van der Waals surface area contributed by atoms with E-state index in [1.165, 1.54) is 4.90 Å². The van der Waals surface area contributed by atoms with Gasteiger partial charge in [0, 0.05) is 20.1 Å². The fraction of sp³-hybridized carbons (Fsp3) is 0.929. The molecule has 0 radical (unpaired) electrons. The van der Waals surface area contributed by atoms with Gasteiger partial charge in [-0.05, 0) is 34.9 Å². The normalized spacial score (nSPS) is 11.8. The van der Waals surface area contributed by atoms with Crippen molar-refractivity contribution < 1.29 is 19.0 Å². The molecule has 0 fully saturated rings. The van der Waals surface area contributed by atoms with Crippen molar-refractivity contribution in [3.05, 3.63) is 0 Å². The van der Waals surface area contributed by atoms with E-state index < -0.39 is 5.60 Å². The zero-order valence-corrected chi connectivity index (χ0v) is 13.8. The molecule has 6 nitrogen and oxygen atoms in total. The molecule has 1 amide bonds. The first-order valence-corrected chi connectivity index (χ1v) is 6.96. The van der Waals surface area contributed by atoms with Gasteiger partial charge in [-0.1, -0.05) is 0 Å². The van der Waals surface area contributed by atoms with E-state index in [0.29, 0.717) is 33.0 Å². The Morgan fingerprint density at radius 3 is 1.85 bits per heavy atom. The van der Waals surface area contributed by atoms with E-state index in [-0.39, 0.29) is 6.09 Å². The number of hydrogen-bond donors (Lipinski definition) is 0. The average molecular weight is 290 g/mol. The molecule has 0 atom stereocenters. The van der Waals surface area contributed by atoms with Gasteiger partial charge in [-0.15, -0.1) is 0 Å². The lowest BCUT2D eigenvalue weighted by Gasteiger charge is -2.24. The first-order chi connectivity index (χ1) is 9.22. The highest BCUT2D eigenvalue weighted by atomic mass is 16.6. The first-order valence-electron chi connectivity index (χ1n) is 6.96. The van der Waals surface area contributed by atoms with Crippen LogP contribution in [-0.4, -0.2) is 82.2 Å². The molecule has 120 valence electrons. The molecule has 0 aliphatic rings. The number of amides is 1. The third-order valence-corrected chi connectivity index (χ3v) is 2.33. The highest BCUT2D eigenvalue weighted by Crippen LogP contribution is 2.08. The number of carbonyl (C=O) groups excluding carboxylic acids is 1. The zero-order valence-electron chi connectivity index (χ0n) is 13.8. The molecule has 0 heterocycles. The zero-order chi connectivity index (χ0) is 15.6. The maximum Gasteiger partial charge on any atom is 0.410 e. The predicted molar refractivity (Wildman–Crippen MR) is 79.1 cm³/mol.